The van der Waals surface area contributed by atoms with Gasteiger partial charge in [0, 0.05) is 22.5 Å². The lowest BCUT2D eigenvalue weighted by molar-refractivity contribution is -0.137. The molecule has 0 fully saturated rings. The molecule has 0 amide bonds. The standard InChI is InChI=1S/C19H15ClF3N3S/c1-2-24-18-26(17(12-27-18)14-6-8-16(20)9-7-14)25-11-13-4-3-5-15(10-13)19(21,22)23/h3-12H,2H2,1H3. The van der Waals surface area contributed by atoms with Crippen LogP contribution in [0.1, 0.15) is 18.1 Å². The van der Waals surface area contributed by atoms with Gasteiger partial charge in [0.15, 0.2) is 0 Å². The van der Waals surface area contributed by atoms with Gasteiger partial charge >= 0.3 is 6.18 Å². The summed E-state index contributed by atoms with van der Waals surface area (Å²) >= 11 is 7.35. The van der Waals surface area contributed by atoms with E-state index in [1.54, 1.807) is 22.9 Å². The third-order valence-corrected chi connectivity index (χ3v) is 4.76. The molecule has 27 heavy (non-hydrogen) atoms. The molecule has 0 aliphatic carbocycles. The molecule has 1 heterocycles. The zero-order chi connectivity index (χ0) is 19.4. The lowest BCUT2D eigenvalue weighted by atomic mass is 10.1. The zero-order valence-corrected chi connectivity index (χ0v) is 15.8. The Morgan fingerprint density at radius 3 is 2.56 bits per heavy atom. The highest BCUT2D eigenvalue weighted by atomic mass is 35.5. The summed E-state index contributed by atoms with van der Waals surface area (Å²) in [4.78, 5) is 5.06. The lowest BCUT2D eigenvalue weighted by Gasteiger charge is -2.07. The summed E-state index contributed by atoms with van der Waals surface area (Å²) in [7, 11) is 0. The molecule has 0 N–H and O–H groups in total. The van der Waals surface area contributed by atoms with E-state index in [-0.39, 0.29) is 0 Å². The van der Waals surface area contributed by atoms with E-state index >= 15 is 0 Å². The number of thiazole rings is 1. The number of hydrogen-bond acceptors (Lipinski definition) is 3. The summed E-state index contributed by atoms with van der Waals surface area (Å²) in [6.45, 7) is 2.47. The maximum atomic E-state index is 12.9. The van der Waals surface area contributed by atoms with Crippen LogP contribution in [0.4, 0.5) is 13.2 Å². The molecular formula is C19H15ClF3N3S. The van der Waals surface area contributed by atoms with E-state index in [0.29, 0.717) is 21.9 Å². The molecule has 0 unspecified atom stereocenters. The second-order valence-corrected chi connectivity index (χ2v) is 6.84. The minimum atomic E-state index is -4.39. The number of aromatic nitrogens is 1. The molecule has 3 aromatic rings. The van der Waals surface area contributed by atoms with Gasteiger partial charge in [0.25, 0.3) is 0 Å². The third kappa shape index (κ3) is 4.67. The third-order valence-electron chi connectivity index (χ3n) is 3.65. The van der Waals surface area contributed by atoms with Gasteiger partial charge in [-0.2, -0.15) is 18.3 Å². The summed E-state index contributed by atoms with van der Waals surface area (Å²) in [5, 5.41) is 6.91. The minimum Gasteiger partial charge on any atom is -0.258 e. The van der Waals surface area contributed by atoms with Gasteiger partial charge in [0.05, 0.1) is 17.5 Å². The fourth-order valence-corrected chi connectivity index (χ4v) is 3.42. The van der Waals surface area contributed by atoms with E-state index in [1.165, 1.54) is 23.6 Å². The predicted molar refractivity (Wildman–Crippen MR) is 103 cm³/mol. The van der Waals surface area contributed by atoms with Crippen molar-refractivity contribution in [1.82, 2.24) is 4.68 Å². The van der Waals surface area contributed by atoms with Gasteiger partial charge in [-0.3, -0.25) is 4.99 Å². The highest BCUT2D eigenvalue weighted by molar-refractivity contribution is 7.07. The van der Waals surface area contributed by atoms with Crippen molar-refractivity contribution >= 4 is 29.2 Å². The van der Waals surface area contributed by atoms with Crippen LogP contribution in [0, 0.1) is 0 Å². The van der Waals surface area contributed by atoms with Crippen LogP contribution in [-0.2, 0) is 6.18 Å². The molecular weight excluding hydrogens is 395 g/mol. The summed E-state index contributed by atoms with van der Waals surface area (Å²) in [5.41, 5.74) is 1.31. The van der Waals surface area contributed by atoms with Crippen molar-refractivity contribution in [2.24, 2.45) is 10.1 Å². The van der Waals surface area contributed by atoms with Gasteiger partial charge in [-0.05, 0) is 36.8 Å². The van der Waals surface area contributed by atoms with E-state index in [9.17, 15) is 13.2 Å². The van der Waals surface area contributed by atoms with Crippen molar-refractivity contribution < 1.29 is 13.2 Å². The molecule has 140 valence electrons. The van der Waals surface area contributed by atoms with E-state index < -0.39 is 11.7 Å². The van der Waals surface area contributed by atoms with E-state index in [4.69, 9.17) is 11.6 Å². The highest BCUT2D eigenvalue weighted by Gasteiger charge is 2.30. The molecule has 0 aliphatic heterocycles. The van der Waals surface area contributed by atoms with Crippen molar-refractivity contribution in [3.05, 3.63) is 74.9 Å². The number of benzene rings is 2. The first-order valence-corrected chi connectivity index (χ1v) is 9.33. The molecule has 3 nitrogen and oxygen atoms in total. The Bertz CT molecular complexity index is 1020. The van der Waals surface area contributed by atoms with Crippen LogP contribution in [0.5, 0.6) is 0 Å². The number of hydrogen-bond donors (Lipinski definition) is 0. The fraction of sp³-hybridized carbons (Fsp3) is 0.158. The Morgan fingerprint density at radius 2 is 1.89 bits per heavy atom. The highest BCUT2D eigenvalue weighted by Crippen LogP contribution is 2.29. The number of alkyl halides is 3. The zero-order valence-electron chi connectivity index (χ0n) is 14.2. The van der Waals surface area contributed by atoms with Gasteiger partial charge < -0.3 is 0 Å². The van der Waals surface area contributed by atoms with Crippen LogP contribution < -0.4 is 4.80 Å². The van der Waals surface area contributed by atoms with E-state index in [2.05, 4.69) is 10.1 Å². The quantitative estimate of drug-likeness (QED) is 0.495. The molecule has 0 saturated heterocycles. The normalized spacial score (nSPS) is 12.9. The van der Waals surface area contributed by atoms with Crippen molar-refractivity contribution in [2.75, 3.05) is 6.54 Å². The van der Waals surface area contributed by atoms with E-state index in [1.807, 2.05) is 24.4 Å². The first kappa shape index (κ1) is 19.4. The summed E-state index contributed by atoms with van der Waals surface area (Å²) in [5.74, 6) is 0. The molecule has 0 bridgehead atoms. The number of halogens is 4. The van der Waals surface area contributed by atoms with Crippen LogP contribution in [0.25, 0.3) is 11.3 Å². The molecule has 0 atom stereocenters. The molecule has 3 rings (SSSR count). The Balaban J connectivity index is 2.03. The first-order valence-electron chi connectivity index (χ1n) is 8.07. The predicted octanol–water partition coefficient (Wildman–Crippen LogP) is 5.69. The van der Waals surface area contributed by atoms with Crippen LogP contribution >= 0.6 is 22.9 Å². The second-order valence-electron chi connectivity index (χ2n) is 5.56. The Morgan fingerprint density at radius 1 is 1.15 bits per heavy atom. The van der Waals surface area contributed by atoms with Crippen molar-refractivity contribution in [1.29, 1.82) is 0 Å². The van der Waals surface area contributed by atoms with Crippen molar-refractivity contribution in [3.8, 4) is 11.3 Å². The van der Waals surface area contributed by atoms with Crippen LogP contribution in [0.3, 0.4) is 0 Å². The average Bonchev–Trinajstić information content (AvgIpc) is 3.03. The first-order chi connectivity index (χ1) is 12.9. The second kappa shape index (κ2) is 8.10. The maximum Gasteiger partial charge on any atom is 0.416 e. The summed E-state index contributed by atoms with van der Waals surface area (Å²) < 4.78 is 40.3. The Hall–Kier alpha value is -2.38. The number of nitrogens with zero attached hydrogens (tertiary/aromatic N) is 3. The van der Waals surface area contributed by atoms with Crippen molar-refractivity contribution in [2.45, 2.75) is 13.1 Å². The topological polar surface area (TPSA) is 29.6 Å². The minimum absolute atomic E-state index is 0.355. The SMILES string of the molecule is CCN=c1scc(-c2ccc(Cl)cc2)n1N=Cc1cccc(C(F)(F)F)c1. The summed E-state index contributed by atoms with van der Waals surface area (Å²) in [6, 6.07) is 12.3. The maximum absolute atomic E-state index is 12.9. The van der Waals surface area contributed by atoms with Crippen molar-refractivity contribution in [3.63, 3.8) is 0 Å². The van der Waals surface area contributed by atoms with Gasteiger partial charge in [0.2, 0.25) is 4.80 Å². The van der Waals surface area contributed by atoms with Gasteiger partial charge in [-0.25, -0.2) is 4.68 Å². The number of rotatable bonds is 4. The largest absolute Gasteiger partial charge is 0.416 e. The fourth-order valence-electron chi connectivity index (χ4n) is 2.39. The smallest absolute Gasteiger partial charge is 0.258 e. The molecule has 0 aliphatic rings. The molecule has 0 saturated carbocycles. The Labute approximate surface area is 163 Å². The van der Waals surface area contributed by atoms with E-state index in [0.717, 1.165) is 23.4 Å². The molecule has 1 aromatic heterocycles. The molecule has 8 heteroatoms. The Kier molecular flexibility index (Phi) is 5.82. The monoisotopic (exact) mass is 409 g/mol. The molecule has 0 radical (unpaired) electrons. The van der Waals surface area contributed by atoms with Gasteiger partial charge in [-0.15, -0.1) is 11.3 Å². The van der Waals surface area contributed by atoms with Gasteiger partial charge in [-0.1, -0.05) is 35.9 Å². The van der Waals surface area contributed by atoms with Crippen LogP contribution in [-0.4, -0.2) is 17.4 Å². The lowest BCUT2D eigenvalue weighted by Crippen LogP contribution is -2.12. The molecule has 2 aromatic carbocycles. The van der Waals surface area contributed by atoms with Crippen LogP contribution in [0.15, 0.2) is 64.0 Å². The average molecular weight is 410 g/mol. The molecule has 0 spiro atoms. The van der Waals surface area contributed by atoms with Gasteiger partial charge in [0.1, 0.15) is 0 Å². The van der Waals surface area contributed by atoms with Crippen LogP contribution in [0.2, 0.25) is 5.02 Å². The summed E-state index contributed by atoms with van der Waals surface area (Å²) in [6.07, 6.45) is -2.99.